The summed E-state index contributed by atoms with van der Waals surface area (Å²) in [5, 5.41) is 15.4. The number of phenols is 1. The minimum absolute atomic E-state index is 0.0774. The molecule has 0 saturated heterocycles. The lowest BCUT2D eigenvalue weighted by Crippen LogP contribution is -2.36. The van der Waals surface area contributed by atoms with E-state index in [1.54, 1.807) is 13.2 Å². The number of methoxy groups -OCH3 is 1. The van der Waals surface area contributed by atoms with E-state index in [1.165, 1.54) is 10.9 Å². The summed E-state index contributed by atoms with van der Waals surface area (Å²) in [5.41, 5.74) is 2.38. The first kappa shape index (κ1) is 21.7. The van der Waals surface area contributed by atoms with Gasteiger partial charge in [-0.2, -0.15) is 0 Å². The maximum atomic E-state index is 10.6. The van der Waals surface area contributed by atoms with Crippen molar-refractivity contribution in [1.29, 1.82) is 0 Å². The molecule has 0 aromatic heterocycles. The molecule has 0 aliphatic carbocycles. The van der Waals surface area contributed by atoms with Crippen LogP contribution in [0.3, 0.4) is 0 Å². The molecule has 0 saturated carbocycles. The molecular weight excluding hydrogens is 353 g/mol. The zero-order chi connectivity index (χ0) is 20.1. The van der Waals surface area contributed by atoms with E-state index in [4.69, 9.17) is 4.74 Å². The molecule has 0 heterocycles. The Morgan fingerprint density at radius 2 is 1.78 bits per heavy atom. The van der Waals surface area contributed by atoms with Gasteiger partial charge in [-0.05, 0) is 56.3 Å². The van der Waals surface area contributed by atoms with Crippen LogP contribution in [0.4, 0.5) is 0 Å². The van der Waals surface area contributed by atoms with Crippen LogP contribution in [0.1, 0.15) is 58.6 Å². The molecule has 2 aromatic rings. The van der Waals surface area contributed by atoms with E-state index in [-0.39, 0.29) is 10.7 Å². The summed E-state index contributed by atoms with van der Waals surface area (Å²) in [6.45, 7) is 11.9. The first-order valence-electron chi connectivity index (χ1n) is 9.67. The van der Waals surface area contributed by atoms with E-state index >= 15 is 0 Å². The highest BCUT2D eigenvalue weighted by atomic mass is 31.1. The maximum absolute atomic E-state index is 10.6. The lowest BCUT2D eigenvalue weighted by Gasteiger charge is -2.32. The van der Waals surface area contributed by atoms with Gasteiger partial charge in [0.25, 0.3) is 0 Å². The Morgan fingerprint density at radius 3 is 2.41 bits per heavy atom. The highest BCUT2D eigenvalue weighted by Gasteiger charge is 2.30. The van der Waals surface area contributed by atoms with E-state index in [2.05, 4.69) is 64.2 Å². The van der Waals surface area contributed by atoms with Crippen LogP contribution in [0.15, 0.2) is 42.5 Å². The Kier molecular flexibility index (Phi) is 7.31. The van der Waals surface area contributed by atoms with Gasteiger partial charge in [-0.3, -0.25) is 0 Å². The van der Waals surface area contributed by atoms with Crippen LogP contribution in [0.5, 0.6) is 11.5 Å². The third kappa shape index (κ3) is 5.96. The molecule has 0 radical (unpaired) electrons. The van der Waals surface area contributed by atoms with Crippen LogP contribution in [0.25, 0.3) is 0 Å². The van der Waals surface area contributed by atoms with E-state index in [9.17, 15) is 5.11 Å². The van der Waals surface area contributed by atoms with Gasteiger partial charge >= 0.3 is 0 Å². The van der Waals surface area contributed by atoms with Crippen molar-refractivity contribution < 1.29 is 9.84 Å². The normalized spacial score (nSPS) is 14.4. The van der Waals surface area contributed by atoms with Gasteiger partial charge in [-0.15, -0.1) is 0 Å². The lowest BCUT2D eigenvalue weighted by atomic mass is 9.94. The van der Waals surface area contributed by atoms with Gasteiger partial charge in [0, 0.05) is 22.8 Å². The Bertz CT molecular complexity index is 754. The molecule has 0 aliphatic heterocycles. The van der Waals surface area contributed by atoms with Crippen molar-refractivity contribution in [3.63, 3.8) is 0 Å². The Labute approximate surface area is 166 Å². The molecule has 0 aliphatic rings. The van der Waals surface area contributed by atoms with Crippen LogP contribution in [-0.2, 0) is 11.7 Å². The molecule has 148 valence electrons. The van der Waals surface area contributed by atoms with Gasteiger partial charge < -0.3 is 15.2 Å². The van der Waals surface area contributed by atoms with Crippen molar-refractivity contribution in [3.05, 3.63) is 53.6 Å². The average Bonchev–Trinajstić information content (AvgIpc) is 2.61. The molecular formula is C23H34NO2P. The maximum Gasteiger partial charge on any atom is 0.119 e. The summed E-state index contributed by atoms with van der Waals surface area (Å²) < 4.78 is 5.42. The van der Waals surface area contributed by atoms with Crippen LogP contribution >= 0.6 is 8.58 Å². The minimum atomic E-state index is -0.134. The zero-order valence-electron chi connectivity index (χ0n) is 17.5. The fourth-order valence-electron chi connectivity index (χ4n) is 3.30. The summed E-state index contributed by atoms with van der Waals surface area (Å²) in [6, 6.07) is 14.2. The molecule has 0 spiro atoms. The van der Waals surface area contributed by atoms with Gasteiger partial charge in [0.15, 0.2) is 0 Å². The third-order valence-electron chi connectivity index (χ3n) is 4.79. The van der Waals surface area contributed by atoms with E-state index in [0.717, 1.165) is 30.7 Å². The largest absolute Gasteiger partial charge is 0.508 e. The molecule has 2 aromatic carbocycles. The van der Waals surface area contributed by atoms with E-state index in [1.807, 2.05) is 12.1 Å². The molecule has 27 heavy (non-hydrogen) atoms. The number of ether oxygens (including phenoxy) is 1. The highest BCUT2D eigenvalue weighted by molar-refractivity contribution is 7.48. The fourth-order valence-corrected chi connectivity index (χ4v) is 5.12. The van der Waals surface area contributed by atoms with Gasteiger partial charge in [-0.1, -0.05) is 53.1 Å². The second kappa shape index (κ2) is 9.08. The van der Waals surface area contributed by atoms with Gasteiger partial charge in [-0.25, -0.2) is 0 Å². The number of hydrogen-bond donors (Lipinski definition) is 2. The number of phenolic OH excluding ortho intramolecular Hbond substituents is 1. The Hall–Kier alpha value is -1.57. The Balaban J connectivity index is 2.39. The highest BCUT2D eigenvalue weighted by Crippen LogP contribution is 2.49. The molecule has 2 rings (SSSR count). The number of nitrogens with one attached hydrogen (secondary N) is 1. The molecule has 2 N–H and O–H groups in total. The number of benzene rings is 2. The molecule has 4 heteroatoms. The van der Waals surface area contributed by atoms with Crippen molar-refractivity contribution in [2.45, 2.75) is 64.7 Å². The quantitative estimate of drug-likeness (QED) is 0.603. The van der Waals surface area contributed by atoms with Crippen molar-refractivity contribution >= 4 is 13.9 Å². The zero-order valence-corrected chi connectivity index (χ0v) is 18.5. The van der Waals surface area contributed by atoms with Gasteiger partial charge in [0.2, 0.25) is 0 Å². The number of hydrogen-bond acceptors (Lipinski definition) is 3. The molecule has 0 amide bonds. The summed E-state index contributed by atoms with van der Waals surface area (Å²) in [7, 11) is 2.23. The average molecular weight is 388 g/mol. The molecule has 2 atom stereocenters. The number of aromatic hydroxyl groups is 1. The molecule has 0 fully saturated rings. The van der Waals surface area contributed by atoms with Crippen LogP contribution in [0.2, 0.25) is 0 Å². The van der Waals surface area contributed by atoms with Crippen LogP contribution in [0, 0.1) is 0 Å². The summed E-state index contributed by atoms with van der Waals surface area (Å²) in [4.78, 5) is 0. The molecule has 3 nitrogen and oxygen atoms in total. The minimum Gasteiger partial charge on any atom is -0.508 e. The second-order valence-corrected chi connectivity index (χ2v) is 10.2. The topological polar surface area (TPSA) is 41.5 Å². The van der Waals surface area contributed by atoms with Crippen molar-refractivity contribution in [1.82, 2.24) is 5.32 Å². The van der Waals surface area contributed by atoms with E-state index in [0.29, 0.717) is 14.3 Å². The number of rotatable bonds is 8. The smallest absolute Gasteiger partial charge is 0.119 e. The van der Waals surface area contributed by atoms with Gasteiger partial charge in [0.1, 0.15) is 11.5 Å². The lowest BCUT2D eigenvalue weighted by molar-refractivity contribution is 0.407. The predicted molar refractivity (Wildman–Crippen MR) is 118 cm³/mol. The SMILES string of the molecule is CCCC(C)(Pc1ccccc1CNC(C)(C)C)c1cc(OC)ccc1O. The third-order valence-corrected chi connectivity index (χ3v) is 6.61. The van der Waals surface area contributed by atoms with E-state index < -0.39 is 0 Å². The molecule has 2 unspecified atom stereocenters. The Morgan fingerprint density at radius 1 is 1.07 bits per heavy atom. The summed E-state index contributed by atoms with van der Waals surface area (Å²) in [6.07, 6.45) is 2.07. The first-order valence-corrected chi connectivity index (χ1v) is 10.7. The fraction of sp³-hybridized carbons (Fsp3) is 0.478. The van der Waals surface area contributed by atoms with Gasteiger partial charge in [0.05, 0.1) is 7.11 Å². The summed E-state index contributed by atoms with van der Waals surface area (Å²) in [5.74, 6) is 1.14. The predicted octanol–water partition coefficient (Wildman–Crippen LogP) is 5.31. The van der Waals surface area contributed by atoms with Crippen molar-refractivity contribution in [2.75, 3.05) is 7.11 Å². The molecule has 0 bridgehead atoms. The summed E-state index contributed by atoms with van der Waals surface area (Å²) >= 11 is 0. The standard InChI is InChI=1S/C23H34NO2P/c1-7-14-23(5,19-15-18(26-6)12-13-20(19)25)27-21-11-9-8-10-17(21)16-24-22(2,3)4/h8-13,15,24-25,27H,7,14,16H2,1-6H3. The monoisotopic (exact) mass is 387 g/mol. The van der Waals surface area contributed by atoms with Crippen LogP contribution in [-0.4, -0.2) is 17.8 Å². The first-order chi connectivity index (χ1) is 12.7. The second-order valence-electron chi connectivity index (χ2n) is 8.35. The van der Waals surface area contributed by atoms with Crippen molar-refractivity contribution in [3.8, 4) is 11.5 Å². The van der Waals surface area contributed by atoms with Crippen molar-refractivity contribution in [2.24, 2.45) is 0 Å². The van der Waals surface area contributed by atoms with Crippen LogP contribution < -0.4 is 15.4 Å².